The molecule has 0 aliphatic carbocycles. The molecule has 0 fully saturated rings. The lowest BCUT2D eigenvalue weighted by Gasteiger charge is -2.05. The van der Waals surface area contributed by atoms with Crippen LogP contribution in [0.25, 0.3) is 0 Å². The van der Waals surface area contributed by atoms with Gasteiger partial charge in [-0.15, -0.1) is 0 Å². The number of methoxy groups -OCH3 is 1. The minimum atomic E-state index is -0.562. The van der Waals surface area contributed by atoms with E-state index in [0.717, 1.165) is 17.0 Å². The largest absolute Gasteiger partial charge is 0.497 e. The van der Waals surface area contributed by atoms with Crippen LogP contribution in [0.4, 0.5) is 4.39 Å². The summed E-state index contributed by atoms with van der Waals surface area (Å²) in [5.74, 6) is -0.425. The van der Waals surface area contributed by atoms with Crippen molar-refractivity contribution in [3.05, 3.63) is 46.5 Å². The number of hydrogen-bond acceptors (Lipinski definition) is 3. The number of halogens is 1. The smallest absolute Gasteiger partial charge is 0.170 e. The highest BCUT2D eigenvalue weighted by atomic mass is 19.1. The molecule has 5 heteroatoms. The van der Waals surface area contributed by atoms with Crippen molar-refractivity contribution in [2.45, 2.75) is 20.3 Å². The van der Waals surface area contributed by atoms with Gasteiger partial charge in [-0.25, -0.2) is 4.39 Å². The number of rotatable bonds is 4. The Morgan fingerprint density at radius 3 is 2.60 bits per heavy atom. The summed E-state index contributed by atoms with van der Waals surface area (Å²) in [4.78, 5) is 12.2. The summed E-state index contributed by atoms with van der Waals surface area (Å²) in [7, 11) is 3.28. The minimum Gasteiger partial charge on any atom is -0.497 e. The third-order valence-electron chi connectivity index (χ3n) is 3.47. The van der Waals surface area contributed by atoms with E-state index in [0.29, 0.717) is 5.75 Å². The van der Waals surface area contributed by atoms with Gasteiger partial charge in [0.15, 0.2) is 5.78 Å². The molecule has 1 heterocycles. The van der Waals surface area contributed by atoms with Gasteiger partial charge >= 0.3 is 0 Å². The van der Waals surface area contributed by atoms with E-state index in [-0.39, 0.29) is 17.8 Å². The van der Waals surface area contributed by atoms with E-state index in [4.69, 9.17) is 4.74 Å². The monoisotopic (exact) mass is 276 g/mol. The third kappa shape index (κ3) is 2.57. The first-order chi connectivity index (χ1) is 9.43. The van der Waals surface area contributed by atoms with Crippen molar-refractivity contribution in [1.82, 2.24) is 9.78 Å². The van der Waals surface area contributed by atoms with Gasteiger partial charge in [0, 0.05) is 30.8 Å². The molecule has 1 aromatic heterocycles. The number of benzene rings is 1. The average Bonchev–Trinajstić information content (AvgIpc) is 2.65. The molecule has 1 aromatic carbocycles. The topological polar surface area (TPSA) is 44.1 Å². The molecule has 20 heavy (non-hydrogen) atoms. The molecule has 0 atom stereocenters. The van der Waals surface area contributed by atoms with Crippen LogP contribution in [0.15, 0.2) is 18.2 Å². The zero-order chi connectivity index (χ0) is 14.9. The summed E-state index contributed by atoms with van der Waals surface area (Å²) < 4.78 is 20.5. The predicted octanol–water partition coefficient (Wildman–Crippen LogP) is 2.61. The van der Waals surface area contributed by atoms with Crippen molar-refractivity contribution >= 4 is 5.78 Å². The molecule has 0 spiro atoms. The fourth-order valence-corrected chi connectivity index (χ4v) is 2.18. The van der Waals surface area contributed by atoms with Crippen LogP contribution in [0.3, 0.4) is 0 Å². The number of aromatic nitrogens is 2. The highest BCUT2D eigenvalue weighted by Gasteiger charge is 2.17. The molecule has 0 unspecified atom stereocenters. The molecule has 2 aromatic rings. The zero-order valence-corrected chi connectivity index (χ0v) is 12.0. The van der Waals surface area contributed by atoms with E-state index in [1.807, 2.05) is 20.9 Å². The van der Waals surface area contributed by atoms with Crippen molar-refractivity contribution in [2.24, 2.45) is 7.05 Å². The SMILES string of the molecule is COc1ccc(C(=O)Cc2c(C)nn(C)c2C)c(F)c1. The molecule has 0 saturated carbocycles. The van der Waals surface area contributed by atoms with Crippen molar-refractivity contribution in [1.29, 1.82) is 0 Å². The highest BCUT2D eigenvalue weighted by molar-refractivity contribution is 5.98. The fourth-order valence-electron chi connectivity index (χ4n) is 2.18. The zero-order valence-electron chi connectivity index (χ0n) is 12.0. The van der Waals surface area contributed by atoms with Gasteiger partial charge < -0.3 is 4.74 Å². The van der Waals surface area contributed by atoms with Gasteiger partial charge in [0.2, 0.25) is 0 Å². The summed E-state index contributed by atoms with van der Waals surface area (Å²) in [6.07, 6.45) is 0.148. The number of carbonyl (C=O) groups excluding carboxylic acids is 1. The Morgan fingerprint density at radius 2 is 2.10 bits per heavy atom. The second kappa shape index (κ2) is 5.45. The molecule has 0 radical (unpaired) electrons. The molecule has 4 nitrogen and oxygen atoms in total. The maximum Gasteiger partial charge on any atom is 0.170 e. The maximum absolute atomic E-state index is 13.9. The van der Waals surface area contributed by atoms with E-state index < -0.39 is 5.82 Å². The third-order valence-corrected chi connectivity index (χ3v) is 3.47. The molecule has 0 saturated heterocycles. The quantitative estimate of drug-likeness (QED) is 0.806. The highest BCUT2D eigenvalue weighted by Crippen LogP contribution is 2.20. The van der Waals surface area contributed by atoms with Crippen molar-refractivity contribution in [3.8, 4) is 5.75 Å². The first-order valence-electron chi connectivity index (χ1n) is 6.30. The normalized spacial score (nSPS) is 10.7. The van der Waals surface area contributed by atoms with E-state index in [1.165, 1.54) is 19.2 Å². The van der Waals surface area contributed by atoms with E-state index in [1.54, 1.807) is 10.7 Å². The Bertz CT molecular complexity index is 662. The molecule has 0 amide bonds. The lowest BCUT2D eigenvalue weighted by atomic mass is 10.0. The Kier molecular flexibility index (Phi) is 3.88. The average molecular weight is 276 g/mol. The molecule has 0 bridgehead atoms. The number of hydrogen-bond donors (Lipinski definition) is 0. The summed E-state index contributed by atoms with van der Waals surface area (Å²) in [6, 6.07) is 4.26. The number of Topliss-reactive ketones (excluding diaryl/α,β-unsaturated/α-hetero) is 1. The van der Waals surface area contributed by atoms with Crippen molar-refractivity contribution in [2.75, 3.05) is 7.11 Å². The maximum atomic E-state index is 13.9. The Morgan fingerprint density at radius 1 is 1.40 bits per heavy atom. The molecular formula is C15H17FN2O2. The lowest BCUT2D eigenvalue weighted by Crippen LogP contribution is -2.08. The second-order valence-corrected chi connectivity index (χ2v) is 4.72. The summed E-state index contributed by atoms with van der Waals surface area (Å²) >= 11 is 0. The second-order valence-electron chi connectivity index (χ2n) is 4.72. The van der Waals surface area contributed by atoms with Crippen LogP contribution in [-0.2, 0) is 13.5 Å². The number of aryl methyl sites for hydroxylation is 2. The van der Waals surface area contributed by atoms with Crippen LogP contribution in [0.2, 0.25) is 0 Å². The number of ketones is 1. The van der Waals surface area contributed by atoms with Crippen LogP contribution in [0.5, 0.6) is 5.75 Å². The molecule has 2 rings (SSSR count). The van der Waals surface area contributed by atoms with Gasteiger partial charge in [-0.2, -0.15) is 5.10 Å². The van der Waals surface area contributed by atoms with Gasteiger partial charge in [-0.3, -0.25) is 9.48 Å². The first kappa shape index (κ1) is 14.2. The van der Waals surface area contributed by atoms with Gasteiger partial charge in [0.25, 0.3) is 0 Å². The van der Waals surface area contributed by atoms with Gasteiger partial charge in [0.05, 0.1) is 18.4 Å². The molecular weight excluding hydrogens is 259 g/mol. The molecule has 106 valence electrons. The Balaban J connectivity index is 2.28. The van der Waals surface area contributed by atoms with Crippen molar-refractivity contribution in [3.63, 3.8) is 0 Å². The first-order valence-corrected chi connectivity index (χ1v) is 6.30. The van der Waals surface area contributed by atoms with Crippen molar-refractivity contribution < 1.29 is 13.9 Å². The Hall–Kier alpha value is -2.17. The summed E-state index contributed by atoms with van der Waals surface area (Å²) in [5.41, 5.74) is 2.65. The molecule has 0 aliphatic heterocycles. The number of carbonyl (C=O) groups is 1. The van der Waals surface area contributed by atoms with Crippen LogP contribution in [0, 0.1) is 19.7 Å². The molecule has 0 N–H and O–H groups in total. The van der Waals surface area contributed by atoms with E-state index in [2.05, 4.69) is 5.10 Å². The molecule has 0 aliphatic rings. The van der Waals surface area contributed by atoms with Crippen LogP contribution in [-0.4, -0.2) is 22.7 Å². The summed E-state index contributed by atoms with van der Waals surface area (Å²) in [5, 5.41) is 4.26. The van der Waals surface area contributed by atoms with Gasteiger partial charge in [-0.05, 0) is 26.0 Å². The minimum absolute atomic E-state index is 0.0773. The van der Waals surface area contributed by atoms with Crippen LogP contribution in [0.1, 0.15) is 27.3 Å². The van der Waals surface area contributed by atoms with E-state index >= 15 is 0 Å². The standard InChI is InChI=1S/C15H17FN2O2/c1-9-13(10(2)18(3)17-9)8-15(19)12-6-5-11(20-4)7-14(12)16/h5-7H,8H2,1-4H3. The lowest BCUT2D eigenvalue weighted by molar-refractivity contribution is 0.0988. The van der Waals surface area contributed by atoms with Gasteiger partial charge in [-0.1, -0.05) is 0 Å². The predicted molar refractivity (Wildman–Crippen MR) is 73.7 cm³/mol. The van der Waals surface area contributed by atoms with Gasteiger partial charge in [0.1, 0.15) is 11.6 Å². The van der Waals surface area contributed by atoms with Crippen LogP contribution >= 0.6 is 0 Å². The number of nitrogens with zero attached hydrogens (tertiary/aromatic N) is 2. The fraction of sp³-hybridized carbons (Fsp3) is 0.333. The number of ether oxygens (including phenoxy) is 1. The van der Waals surface area contributed by atoms with E-state index in [9.17, 15) is 9.18 Å². The summed E-state index contributed by atoms with van der Waals surface area (Å²) in [6.45, 7) is 3.74. The van der Waals surface area contributed by atoms with Crippen LogP contribution < -0.4 is 4.74 Å². The Labute approximate surface area is 117 Å².